The number of aliphatic hydroxyl groups is 1. The third-order valence-corrected chi connectivity index (χ3v) is 4.88. The molecule has 2 rings (SSSR count). The molecule has 0 saturated carbocycles. The molecule has 0 bridgehead atoms. The first-order valence-electron chi connectivity index (χ1n) is 8.10. The van der Waals surface area contributed by atoms with Crippen molar-refractivity contribution in [1.82, 2.24) is 10.2 Å². The Balaban J connectivity index is 2.19. The van der Waals surface area contributed by atoms with E-state index < -0.39 is 17.2 Å². The Morgan fingerprint density at radius 1 is 1.43 bits per heavy atom. The van der Waals surface area contributed by atoms with Gasteiger partial charge in [-0.15, -0.1) is 0 Å². The lowest BCUT2D eigenvalue weighted by Gasteiger charge is -2.37. The summed E-state index contributed by atoms with van der Waals surface area (Å²) in [5.41, 5.74) is 2.05. The fraction of sp³-hybridized carbons (Fsp3) is 0.526. The second-order valence-corrected chi connectivity index (χ2v) is 7.53. The van der Waals surface area contributed by atoms with Gasteiger partial charge in [-0.05, 0) is 58.2 Å². The quantitative estimate of drug-likeness (QED) is 0.896. The maximum atomic E-state index is 12.7. The topological polar surface area (TPSA) is 52.6 Å². The second-order valence-electron chi connectivity index (χ2n) is 7.53. The molecule has 0 aromatic heterocycles. The van der Waals surface area contributed by atoms with Crippen molar-refractivity contribution >= 4 is 11.6 Å². The molecule has 0 radical (unpaired) electrons. The van der Waals surface area contributed by atoms with Crippen molar-refractivity contribution < 1.29 is 9.90 Å². The summed E-state index contributed by atoms with van der Waals surface area (Å²) in [4.78, 5) is 14.4. The van der Waals surface area contributed by atoms with E-state index in [1.807, 2.05) is 52.8 Å². The molecule has 126 valence electrons. The van der Waals surface area contributed by atoms with Gasteiger partial charge in [-0.1, -0.05) is 30.4 Å². The molecule has 0 aliphatic carbocycles. The van der Waals surface area contributed by atoms with Gasteiger partial charge in [-0.2, -0.15) is 0 Å². The number of amides is 2. The fourth-order valence-corrected chi connectivity index (χ4v) is 3.02. The molecule has 4 nitrogen and oxygen atoms in total. The van der Waals surface area contributed by atoms with Crippen LogP contribution < -0.4 is 5.32 Å². The Labute approximate surface area is 139 Å². The first kappa shape index (κ1) is 17.5. The van der Waals surface area contributed by atoms with E-state index in [-0.39, 0.29) is 6.03 Å². The normalized spacial score (nSPS) is 20.4. The van der Waals surface area contributed by atoms with E-state index in [1.165, 1.54) is 0 Å². The number of benzene rings is 1. The molecule has 1 heterocycles. The van der Waals surface area contributed by atoms with E-state index in [0.717, 1.165) is 16.7 Å². The van der Waals surface area contributed by atoms with E-state index in [2.05, 4.69) is 18.0 Å². The highest BCUT2D eigenvalue weighted by Crippen LogP contribution is 2.30. The summed E-state index contributed by atoms with van der Waals surface area (Å²) in [5, 5.41) is 13.2. The maximum Gasteiger partial charge on any atom is 0.318 e. The number of carbonyl (C=O) groups excluding carboxylic acids is 1. The molecule has 4 heteroatoms. The van der Waals surface area contributed by atoms with Crippen LogP contribution in [0.15, 0.2) is 30.8 Å². The number of allylic oxidation sites excluding steroid dienone is 1. The van der Waals surface area contributed by atoms with Crippen molar-refractivity contribution in [3.63, 3.8) is 0 Å². The summed E-state index contributed by atoms with van der Waals surface area (Å²) in [6.07, 6.45) is 0.134. The van der Waals surface area contributed by atoms with E-state index in [4.69, 9.17) is 0 Å². The Bertz CT molecular complexity index is 620. The largest absolute Gasteiger partial charge is 0.391 e. The minimum atomic E-state index is -0.542. The molecule has 2 amide bonds. The van der Waals surface area contributed by atoms with Gasteiger partial charge in [0.1, 0.15) is 0 Å². The molecule has 1 aliphatic heterocycles. The third kappa shape index (κ3) is 3.42. The lowest BCUT2D eigenvalue weighted by molar-refractivity contribution is 0.0675. The zero-order chi connectivity index (χ0) is 17.4. The van der Waals surface area contributed by atoms with E-state index in [0.29, 0.717) is 13.0 Å². The molecule has 2 N–H and O–H groups in total. The van der Waals surface area contributed by atoms with Crippen molar-refractivity contribution in [2.24, 2.45) is 0 Å². The minimum Gasteiger partial charge on any atom is -0.391 e. The van der Waals surface area contributed by atoms with E-state index in [1.54, 1.807) is 4.90 Å². The van der Waals surface area contributed by atoms with Gasteiger partial charge >= 0.3 is 6.03 Å². The van der Waals surface area contributed by atoms with Gasteiger partial charge in [-0.25, -0.2) is 4.79 Å². The van der Waals surface area contributed by atoms with Gasteiger partial charge in [0.15, 0.2) is 0 Å². The number of hydrogen-bond acceptors (Lipinski definition) is 2. The highest BCUT2D eigenvalue weighted by Gasteiger charge is 2.43. The van der Waals surface area contributed by atoms with Crippen LogP contribution in [0.2, 0.25) is 0 Å². The Kier molecular flexibility index (Phi) is 4.58. The number of aliphatic hydroxyl groups excluding tert-OH is 1. The molecular weight excluding hydrogens is 288 g/mol. The van der Waals surface area contributed by atoms with Gasteiger partial charge in [-0.3, -0.25) is 0 Å². The first-order valence-corrected chi connectivity index (χ1v) is 8.10. The summed E-state index contributed by atoms with van der Waals surface area (Å²) >= 11 is 0. The Hall–Kier alpha value is -1.81. The molecule has 1 aromatic carbocycles. The van der Waals surface area contributed by atoms with Gasteiger partial charge in [0.25, 0.3) is 0 Å². The van der Waals surface area contributed by atoms with Crippen molar-refractivity contribution in [3.8, 4) is 0 Å². The summed E-state index contributed by atoms with van der Waals surface area (Å²) in [6, 6.07) is 7.93. The van der Waals surface area contributed by atoms with Crippen LogP contribution in [-0.4, -0.2) is 34.2 Å². The molecule has 1 fully saturated rings. The SMILES string of the molecule is C=C(C)c1cccc(C(C)(C)NC(=O)N2CCC(O)C2(C)C)c1. The Morgan fingerprint density at radius 3 is 2.61 bits per heavy atom. The van der Waals surface area contributed by atoms with Gasteiger partial charge in [0.05, 0.1) is 17.2 Å². The summed E-state index contributed by atoms with van der Waals surface area (Å²) in [6.45, 7) is 14.3. The van der Waals surface area contributed by atoms with Crippen LogP contribution in [0.25, 0.3) is 5.57 Å². The van der Waals surface area contributed by atoms with Gasteiger partial charge in [0, 0.05) is 6.54 Å². The van der Waals surface area contributed by atoms with Crippen LogP contribution in [0.3, 0.4) is 0 Å². The molecule has 1 saturated heterocycles. The summed E-state index contributed by atoms with van der Waals surface area (Å²) < 4.78 is 0. The highest BCUT2D eigenvalue weighted by atomic mass is 16.3. The van der Waals surface area contributed by atoms with E-state index in [9.17, 15) is 9.90 Å². The molecular formula is C19H28N2O2. The highest BCUT2D eigenvalue weighted by molar-refractivity contribution is 5.76. The summed E-state index contributed by atoms with van der Waals surface area (Å²) in [5.74, 6) is 0. The first-order chi connectivity index (χ1) is 10.6. The number of nitrogens with one attached hydrogen (secondary N) is 1. The lowest BCUT2D eigenvalue weighted by atomic mass is 9.91. The van der Waals surface area contributed by atoms with Crippen LogP contribution in [0.1, 0.15) is 52.2 Å². The predicted octanol–water partition coefficient (Wildman–Crippen LogP) is 3.51. The number of rotatable bonds is 3. The fourth-order valence-electron chi connectivity index (χ4n) is 3.02. The number of urea groups is 1. The molecule has 1 aromatic rings. The molecule has 0 spiro atoms. The second kappa shape index (κ2) is 6.00. The van der Waals surface area contributed by atoms with Gasteiger partial charge < -0.3 is 15.3 Å². The van der Waals surface area contributed by atoms with Gasteiger partial charge in [0.2, 0.25) is 0 Å². The molecule has 1 atom stereocenters. The monoisotopic (exact) mass is 316 g/mol. The minimum absolute atomic E-state index is 0.141. The molecule has 1 unspecified atom stereocenters. The molecule has 1 aliphatic rings. The zero-order valence-electron chi connectivity index (χ0n) is 14.8. The van der Waals surface area contributed by atoms with Crippen LogP contribution in [-0.2, 0) is 5.54 Å². The molecule has 23 heavy (non-hydrogen) atoms. The predicted molar refractivity (Wildman–Crippen MR) is 94.1 cm³/mol. The van der Waals surface area contributed by atoms with Crippen molar-refractivity contribution in [1.29, 1.82) is 0 Å². The average molecular weight is 316 g/mol. The van der Waals surface area contributed by atoms with Crippen LogP contribution in [0.5, 0.6) is 0 Å². The standard InChI is InChI=1S/C19H28N2O2/c1-13(2)14-8-7-9-15(12-14)18(3,4)20-17(23)21-11-10-16(22)19(21,5)6/h7-9,12,16,22H,1,10-11H2,2-6H3,(H,20,23). The number of nitrogens with zero attached hydrogens (tertiary/aromatic N) is 1. The lowest BCUT2D eigenvalue weighted by Crippen LogP contribution is -2.55. The van der Waals surface area contributed by atoms with Crippen molar-refractivity contribution in [3.05, 3.63) is 42.0 Å². The summed E-state index contributed by atoms with van der Waals surface area (Å²) in [7, 11) is 0. The van der Waals surface area contributed by atoms with Crippen molar-refractivity contribution in [2.45, 2.75) is 58.2 Å². The smallest absolute Gasteiger partial charge is 0.318 e. The van der Waals surface area contributed by atoms with Crippen LogP contribution in [0, 0.1) is 0 Å². The average Bonchev–Trinajstić information content (AvgIpc) is 2.72. The maximum absolute atomic E-state index is 12.7. The number of hydrogen-bond donors (Lipinski definition) is 2. The number of likely N-dealkylation sites (tertiary alicyclic amines) is 1. The number of carbonyl (C=O) groups is 1. The van der Waals surface area contributed by atoms with Crippen LogP contribution >= 0.6 is 0 Å². The third-order valence-electron chi connectivity index (χ3n) is 4.88. The van der Waals surface area contributed by atoms with Crippen molar-refractivity contribution in [2.75, 3.05) is 6.54 Å². The Morgan fingerprint density at radius 2 is 2.09 bits per heavy atom. The van der Waals surface area contributed by atoms with Crippen LogP contribution in [0.4, 0.5) is 4.79 Å². The zero-order valence-corrected chi connectivity index (χ0v) is 14.8. The van der Waals surface area contributed by atoms with E-state index >= 15 is 0 Å².